The van der Waals surface area contributed by atoms with E-state index in [1.54, 1.807) is 0 Å². The van der Waals surface area contributed by atoms with E-state index >= 15 is 0 Å². The number of nitrogens with two attached hydrogens (primary N) is 1. The molecule has 3 nitrogen and oxygen atoms in total. The summed E-state index contributed by atoms with van der Waals surface area (Å²) < 4.78 is 0. The average molecular weight is 193 g/mol. The molecule has 14 heavy (non-hydrogen) atoms. The molecule has 0 aromatic carbocycles. The van der Waals surface area contributed by atoms with Gasteiger partial charge in [0, 0.05) is 23.7 Å². The molecule has 0 unspecified atom stereocenters. The number of hydrogen-bond donors (Lipinski definition) is 2. The zero-order valence-electron chi connectivity index (χ0n) is 8.84. The summed E-state index contributed by atoms with van der Waals surface area (Å²) in [4.78, 5) is 7.77. The normalized spacial score (nSPS) is 20.1. The average Bonchev–Trinajstić information content (AvgIpc) is 2.75. The van der Waals surface area contributed by atoms with Crippen LogP contribution in [0.1, 0.15) is 44.1 Å². The highest BCUT2D eigenvalue weighted by molar-refractivity contribution is 5.16. The van der Waals surface area contributed by atoms with Crippen LogP contribution in [0.25, 0.3) is 0 Å². The van der Waals surface area contributed by atoms with Gasteiger partial charge in [-0.1, -0.05) is 19.8 Å². The highest BCUT2D eigenvalue weighted by Crippen LogP contribution is 2.39. The van der Waals surface area contributed by atoms with Gasteiger partial charge >= 0.3 is 0 Å². The van der Waals surface area contributed by atoms with Crippen LogP contribution in [-0.4, -0.2) is 16.5 Å². The van der Waals surface area contributed by atoms with Crippen LogP contribution >= 0.6 is 0 Å². The van der Waals surface area contributed by atoms with E-state index < -0.39 is 0 Å². The first-order valence-electron chi connectivity index (χ1n) is 5.49. The molecule has 0 aliphatic heterocycles. The highest BCUT2D eigenvalue weighted by Gasteiger charge is 2.31. The van der Waals surface area contributed by atoms with Crippen molar-refractivity contribution in [2.75, 3.05) is 6.54 Å². The molecule has 0 amide bonds. The Kier molecular flexibility index (Phi) is 2.59. The first-order chi connectivity index (χ1) is 6.74. The fraction of sp³-hybridized carbons (Fsp3) is 0.727. The molecule has 1 aromatic rings. The Morgan fingerprint density at radius 1 is 1.50 bits per heavy atom. The van der Waals surface area contributed by atoms with Crippen LogP contribution < -0.4 is 5.73 Å². The molecule has 0 radical (unpaired) electrons. The summed E-state index contributed by atoms with van der Waals surface area (Å²) in [6.07, 6.45) is 8.13. The second-order valence-electron chi connectivity index (χ2n) is 4.55. The van der Waals surface area contributed by atoms with Gasteiger partial charge in [-0.15, -0.1) is 0 Å². The Balaban J connectivity index is 2.15. The van der Waals surface area contributed by atoms with Crippen molar-refractivity contribution in [2.24, 2.45) is 5.73 Å². The zero-order valence-corrected chi connectivity index (χ0v) is 8.84. The standard InChI is InChI=1S/C11H19N3/c1-11(5-2-3-6-11)9-8-13-10(14-9)4-7-12/h8H,2-7,12H2,1H3,(H,13,14). The lowest BCUT2D eigenvalue weighted by Gasteiger charge is -2.21. The SMILES string of the molecule is CC1(c2cnc(CCN)[nH]2)CCCC1. The lowest BCUT2D eigenvalue weighted by Crippen LogP contribution is -2.17. The van der Waals surface area contributed by atoms with Crippen molar-refractivity contribution in [2.45, 2.75) is 44.4 Å². The fourth-order valence-electron chi connectivity index (χ4n) is 2.36. The summed E-state index contributed by atoms with van der Waals surface area (Å²) in [5.74, 6) is 1.04. The molecular formula is C11H19N3. The second-order valence-corrected chi connectivity index (χ2v) is 4.55. The van der Waals surface area contributed by atoms with Crippen LogP contribution in [0.2, 0.25) is 0 Å². The minimum atomic E-state index is 0.347. The summed E-state index contributed by atoms with van der Waals surface area (Å²) in [6.45, 7) is 3.00. The fourth-order valence-corrected chi connectivity index (χ4v) is 2.36. The number of aromatic amines is 1. The first-order valence-corrected chi connectivity index (χ1v) is 5.49. The van der Waals surface area contributed by atoms with Crippen molar-refractivity contribution in [1.82, 2.24) is 9.97 Å². The third-order valence-electron chi connectivity index (χ3n) is 3.37. The van der Waals surface area contributed by atoms with E-state index in [1.165, 1.54) is 31.4 Å². The number of hydrogen-bond acceptors (Lipinski definition) is 2. The van der Waals surface area contributed by atoms with E-state index in [9.17, 15) is 0 Å². The van der Waals surface area contributed by atoms with Gasteiger partial charge in [0.15, 0.2) is 0 Å². The topological polar surface area (TPSA) is 54.7 Å². The van der Waals surface area contributed by atoms with Crippen molar-refractivity contribution in [3.8, 4) is 0 Å². The molecule has 3 heteroatoms. The predicted octanol–water partition coefficient (Wildman–Crippen LogP) is 1.74. The van der Waals surface area contributed by atoms with Gasteiger partial charge in [0.25, 0.3) is 0 Å². The van der Waals surface area contributed by atoms with Crippen molar-refractivity contribution < 1.29 is 0 Å². The third-order valence-corrected chi connectivity index (χ3v) is 3.37. The van der Waals surface area contributed by atoms with Crippen LogP contribution in [0.4, 0.5) is 0 Å². The van der Waals surface area contributed by atoms with Crippen LogP contribution in [0.3, 0.4) is 0 Å². The van der Waals surface area contributed by atoms with Gasteiger partial charge in [-0.3, -0.25) is 0 Å². The molecule has 1 aliphatic carbocycles. The molecule has 1 aliphatic rings. The molecular weight excluding hydrogens is 174 g/mol. The van der Waals surface area contributed by atoms with Gasteiger partial charge < -0.3 is 10.7 Å². The number of nitrogens with one attached hydrogen (secondary N) is 1. The maximum atomic E-state index is 5.50. The minimum absolute atomic E-state index is 0.347. The zero-order chi connectivity index (χ0) is 10.0. The van der Waals surface area contributed by atoms with Crippen molar-refractivity contribution in [3.05, 3.63) is 17.7 Å². The maximum Gasteiger partial charge on any atom is 0.107 e. The third kappa shape index (κ3) is 1.69. The second kappa shape index (κ2) is 3.73. The maximum absolute atomic E-state index is 5.50. The monoisotopic (exact) mass is 193 g/mol. The molecule has 1 aromatic heterocycles. The molecule has 0 atom stereocenters. The Morgan fingerprint density at radius 3 is 2.86 bits per heavy atom. The van der Waals surface area contributed by atoms with Gasteiger partial charge in [-0.05, 0) is 19.4 Å². The number of nitrogens with zero attached hydrogens (tertiary/aromatic N) is 1. The largest absolute Gasteiger partial charge is 0.345 e. The molecule has 0 bridgehead atoms. The van der Waals surface area contributed by atoms with E-state index in [-0.39, 0.29) is 0 Å². The van der Waals surface area contributed by atoms with E-state index in [1.807, 2.05) is 6.20 Å². The highest BCUT2D eigenvalue weighted by atomic mass is 14.9. The van der Waals surface area contributed by atoms with Gasteiger partial charge in [0.05, 0.1) is 0 Å². The minimum Gasteiger partial charge on any atom is -0.345 e. The van der Waals surface area contributed by atoms with Crippen LogP contribution in [0.15, 0.2) is 6.20 Å². The van der Waals surface area contributed by atoms with Crippen molar-refractivity contribution in [1.29, 1.82) is 0 Å². The summed E-state index contributed by atoms with van der Waals surface area (Å²) in [5, 5.41) is 0. The lowest BCUT2D eigenvalue weighted by atomic mass is 9.86. The Morgan fingerprint density at radius 2 is 2.21 bits per heavy atom. The summed E-state index contributed by atoms with van der Waals surface area (Å²) in [5.41, 5.74) is 7.15. The molecule has 2 rings (SSSR count). The molecule has 1 heterocycles. The number of rotatable bonds is 3. The predicted molar refractivity (Wildman–Crippen MR) is 57.2 cm³/mol. The Labute approximate surface area is 85.1 Å². The van der Waals surface area contributed by atoms with Gasteiger partial charge in [-0.2, -0.15) is 0 Å². The summed E-state index contributed by atoms with van der Waals surface area (Å²) in [7, 11) is 0. The molecule has 3 N–H and O–H groups in total. The summed E-state index contributed by atoms with van der Waals surface area (Å²) in [6, 6.07) is 0. The summed E-state index contributed by atoms with van der Waals surface area (Å²) >= 11 is 0. The molecule has 1 saturated carbocycles. The molecule has 0 saturated heterocycles. The van der Waals surface area contributed by atoms with E-state index in [2.05, 4.69) is 16.9 Å². The van der Waals surface area contributed by atoms with Gasteiger partial charge in [-0.25, -0.2) is 4.98 Å². The Hall–Kier alpha value is -0.830. The smallest absolute Gasteiger partial charge is 0.107 e. The molecule has 1 fully saturated rings. The lowest BCUT2D eigenvalue weighted by molar-refractivity contribution is 0.477. The van der Waals surface area contributed by atoms with Crippen LogP contribution in [0.5, 0.6) is 0 Å². The van der Waals surface area contributed by atoms with Crippen LogP contribution in [-0.2, 0) is 11.8 Å². The Bertz CT molecular complexity index is 297. The molecule has 78 valence electrons. The number of H-pyrrole nitrogens is 1. The first kappa shape index (κ1) is 9.71. The van der Waals surface area contributed by atoms with Gasteiger partial charge in [0.1, 0.15) is 5.82 Å². The number of imidazole rings is 1. The number of aromatic nitrogens is 2. The van der Waals surface area contributed by atoms with Gasteiger partial charge in [0.2, 0.25) is 0 Å². The van der Waals surface area contributed by atoms with E-state index in [0.29, 0.717) is 12.0 Å². The van der Waals surface area contributed by atoms with E-state index in [0.717, 1.165) is 12.2 Å². The quantitative estimate of drug-likeness (QED) is 0.768. The molecule has 0 spiro atoms. The van der Waals surface area contributed by atoms with Crippen LogP contribution in [0, 0.1) is 0 Å². The van der Waals surface area contributed by atoms with Crippen molar-refractivity contribution >= 4 is 0 Å². The van der Waals surface area contributed by atoms with E-state index in [4.69, 9.17) is 5.73 Å². The van der Waals surface area contributed by atoms with Crippen molar-refractivity contribution in [3.63, 3.8) is 0 Å².